The van der Waals surface area contributed by atoms with Crippen LogP contribution in [0.25, 0.3) is 22.3 Å². The van der Waals surface area contributed by atoms with E-state index in [2.05, 4.69) is 26.0 Å². The Hall–Kier alpha value is -3.76. The van der Waals surface area contributed by atoms with Crippen molar-refractivity contribution >= 4 is 0 Å². The minimum absolute atomic E-state index is 0.393. The molecule has 0 N–H and O–H groups in total. The van der Waals surface area contributed by atoms with Crippen LogP contribution in [0.4, 0.5) is 0 Å². The van der Waals surface area contributed by atoms with Crippen molar-refractivity contribution < 1.29 is 9.47 Å². The number of nitriles is 2. The van der Waals surface area contributed by atoms with Gasteiger partial charge in [-0.25, -0.2) is 0 Å². The first-order valence-electron chi connectivity index (χ1n) is 15.2. The second-order valence-corrected chi connectivity index (χ2v) is 10.4. The molecule has 0 aliphatic rings. The Kier molecular flexibility index (Phi) is 13.7. The van der Waals surface area contributed by atoms with Crippen LogP contribution in [0.3, 0.4) is 0 Å². The van der Waals surface area contributed by atoms with Crippen LogP contribution in [-0.4, -0.2) is 13.2 Å². The molecular formula is C36H44N2O2. The summed E-state index contributed by atoms with van der Waals surface area (Å²) in [5.41, 5.74) is 4.08. The second kappa shape index (κ2) is 17.8. The summed E-state index contributed by atoms with van der Waals surface area (Å²) in [5.74, 6) is 1.65. The average molecular weight is 537 g/mol. The van der Waals surface area contributed by atoms with Gasteiger partial charge in [0.2, 0.25) is 0 Å². The molecule has 0 fully saturated rings. The van der Waals surface area contributed by atoms with E-state index in [1.807, 2.05) is 60.7 Å². The summed E-state index contributed by atoms with van der Waals surface area (Å²) in [6.07, 6.45) is 14.8. The Morgan fingerprint density at radius 2 is 0.825 bits per heavy atom. The van der Waals surface area contributed by atoms with E-state index in [0.29, 0.717) is 24.3 Å². The van der Waals surface area contributed by atoms with Crippen molar-refractivity contribution in [1.29, 1.82) is 10.5 Å². The quantitative estimate of drug-likeness (QED) is 0.152. The fourth-order valence-electron chi connectivity index (χ4n) is 4.92. The van der Waals surface area contributed by atoms with Crippen LogP contribution in [0.2, 0.25) is 0 Å². The zero-order valence-corrected chi connectivity index (χ0v) is 24.4. The van der Waals surface area contributed by atoms with Gasteiger partial charge < -0.3 is 9.47 Å². The van der Waals surface area contributed by atoms with Crippen LogP contribution >= 0.6 is 0 Å². The predicted molar refractivity (Wildman–Crippen MR) is 164 cm³/mol. The molecule has 3 aromatic carbocycles. The molecule has 0 atom stereocenters. The summed E-state index contributed by atoms with van der Waals surface area (Å²) < 4.78 is 11.8. The fourth-order valence-corrected chi connectivity index (χ4v) is 4.92. The molecular weight excluding hydrogens is 492 g/mol. The largest absolute Gasteiger partial charge is 0.494 e. The van der Waals surface area contributed by atoms with Crippen molar-refractivity contribution in [2.24, 2.45) is 0 Å². The number of benzene rings is 3. The minimum atomic E-state index is 0.393. The molecule has 0 aliphatic carbocycles. The maximum Gasteiger partial charge on any atom is 0.119 e. The summed E-state index contributed by atoms with van der Waals surface area (Å²) in [5, 5.41) is 20.1. The van der Waals surface area contributed by atoms with E-state index in [1.165, 1.54) is 64.2 Å². The predicted octanol–water partition coefficient (Wildman–Crippen LogP) is 10.2. The Morgan fingerprint density at radius 1 is 0.475 bits per heavy atom. The molecule has 0 radical (unpaired) electrons. The lowest BCUT2D eigenvalue weighted by Gasteiger charge is -2.13. The molecule has 4 heteroatoms. The number of hydrogen-bond acceptors (Lipinski definition) is 4. The molecule has 0 heterocycles. The molecule has 3 rings (SSSR count). The van der Waals surface area contributed by atoms with Gasteiger partial charge in [-0.3, -0.25) is 0 Å². The van der Waals surface area contributed by atoms with Gasteiger partial charge in [0, 0.05) is 11.1 Å². The lowest BCUT2D eigenvalue weighted by molar-refractivity contribution is 0.304. The van der Waals surface area contributed by atoms with Crippen LogP contribution in [0.1, 0.15) is 102 Å². The van der Waals surface area contributed by atoms with Crippen molar-refractivity contribution in [3.05, 3.63) is 71.8 Å². The zero-order valence-electron chi connectivity index (χ0n) is 24.4. The lowest BCUT2D eigenvalue weighted by Crippen LogP contribution is -1.98. The first-order chi connectivity index (χ1) is 19.7. The lowest BCUT2D eigenvalue weighted by atomic mass is 9.90. The molecule has 4 nitrogen and oxygen atoms in total. The van der Waals surface area contributed by atoms with Gasteiger partial charge in [0.25, 0.3) is 0 Å². The molecule has 3 aromatic rings. The summed E-state index contributed by atoms with van der Waals surface area (Å²) in [4.78, 5) is 0. The molecule has 0 aliphatic heterocycles. The molecule has 210 valence electrons. The van der Waals surface area contributed by atoms with Gasteiger partial charge in [0.15, 0.2) is 0 Å². The number of rotatable bonds is 18. The van der Waals surface area contributed by atoms with Crippen LogP contribution < -0.4 is 9.47 Å². The second-order valence-electron chi connectivity index (χ2n) is 10.4. The van der Waals surface area contributed by atoms with Crippen molar-refractivity contribution in [3.8, 4) is 45.9 Å². The average Bonchev–Trinajstić information content (AvgIpc) is 3.00. The highest BCUT2D eigenvalue weighted by atomic mass is 16.5. The van der Waals surface area contributed by atoms with Crippen LogP contribution in [-0.2, 0) is 0 Å². The van der Waals surface area contributed by atoms with E-state index in [0.717, 1.165) is 46.6 Å². The van der Waals surface area contributed by atoms with Crippen molar-refractivity contribution in [3.63, 3.8) is 0 Å². The minimum Gasteiger partial charge on any atom is -0.494 e. The van der Waals surface area contributed by atoms with Gasteiger partial charge in [-0.1, -0.05) is 114 Å². The van der Waals surface area contributed by atoms with Crippen LogP contribution in [0.5, 0.6) is 11.5 Å². The highest BCUT2D eigenvalue weighted by Crippen LogP contribution is 2.34. The van der Waals surface area contributed by atoms with E-state index in [-0.39, 0.29) is 0 Å². The van der Waals surface area contributed by atoms with Crippen molar-refractivity contribution in [2.75, 3.05) is 13.2 Å². The van der Waals surface area contributed by atoms with E-state index in [4.69, 9.17) is 9.47 Å². The fraction of sp³-hybridized carbons (Fsp3) is 0.444. The Morgan fingerprint density at radius 3 is 1.18 bits per heavy atom. The zero-order chi connectivity index (χ0) is 28.4. The van der Waals surface area contributed by atoms with E-state index >= 15 is 0 Å². The normalized spacial score (nSPS) is 10.6. The molecule has 0 saturated carbocycles. The first kappa shape index (κ1) is 30.8. The van der Waals surface area contributed by atoms with Gasteiger partial charge in [0.05, 0.1) is 24.3 Å². The number of ether oxygens (including phenoxy) is 2. The third-order valence-electron chi connectivity index (χ3n) is 7.29. The van der Waals surface area contributed by atoms with E-state index in [1.54, 1.807) is 0 Å². The molecule has 0 unspecified atom stereocenters. The summed E-state index contributed by atoms with van der Waals surface area (Å²) in [7, 11) is 0. The van der Waals surface area contributed by atoms with E-state index in [9.17, 15) is 10.5 Å². The summed E-state index contributed by atoms with van der Waals surface area (Å²) >= 11 is 0. The third kappa shape index (κ3) is 9.46. The molecule has 0 saturated heterocycles. The highest BCUT2D eigenvalue weighted by Gasteiger charge is 2.16. The molecule has 0 bridgehead atoms. The summed E-state index contributed by atoms with van der Waals surface area (Å²) in [6.45, 7) is 5.89. The van der Waals surface area contributed by atoms with E-state index < -0.39 is 0 Å². The standard InChI is InChI=1S/C36H44N2O2/c1-3-5-7-9-11-13-25-39-31-19-15-29(16-20-31)33-23-24-34(36(28-38)35(33)27-37)30-17-21-32(22-18-30)40-26-14-12-10-8-6-4-2/h15-24H,3-14,25-26H2,1-2H3. The Balaban J connectivity index is 1.62. The van der Waals surface area contributed by atoms with Gasteiger partial charge in [-0.15, -0.1) is 0 Å². The Labute approximate surface area is 241 Å². The van der Waals surface area contributed by atoms with Gasteiger partial charge in [-0.05, 0) is 48.2 Å². The number of nitrogens with zero attached hydrogens (tertiary/aromatic N) is 2. The monoisotopic (exact) mass is 536 g/mol. The van der Waals surface area contributed by atoms with Crippen LogP contribution in [0, 0.1) is 22.7 Å². The number of unbranched alkanes of at least 4 members (excludes halogenated alkanes) is 10. The summed E-state index contributed by atoms with van der Waals surface area (Å²) in [6, 6.07) is 24.1. The topological polar surface area (TPSA) is 66.0 Å². The molecule has 0 aromatic heterocycles. The molecule has 0 spiro atoms. The van der Waals surface area contributed by atoms with Gasteiger partial charge in [0.1, 0.15) is 23.6 Å². The van der Waals surface area contributed by atoms with Crippen molar-refractivity contribution in [1.82, 2.24) is 0 Å². The molecule has 40 heavy (non-hydrogen) atoms. The maximum absolute atomic E-state index is 10.0. The molecule has 0 amide bonds. The number of hydrogen-bond donors (Lipinski definition) is 0. The Bertz CT molecular complexity index is 1140. The first-order valence-corrected chi connectivity index (χ1v) is 15.2. The van der Waals surface area contributed by atoms with Gasteiger partial charge in [-0.2, -0.15) is 10.5 Å². The maximum atomic E-state index is 10.0. The van der Waals surface area contributed by atoms with Crippen molar-refractivity contribution in [2.45, 2.75) is 90.9 Å². The van der Waals surface area contributed by atoms with Gasteiger partial charge >= 0.3 is 0 Å². The SMILES string of the molecule is CCCCCCCCOc1ccc(-c2ccc(-c3ccc(OCCCCCCCC)cc3)c(C#N)c2C#N)cc1. The smallest absolute Gasteiger partial charge is 0.119 e. The third-order valence-corrected chi connectivity index (χ3v) is 7.29. The van der Waals surface area contributed by atoms with Crippen LogP contribution in [0.15, 0.2) is 60.7 Å². The highest BCUT2D eigenvalue weighted by molar-refractivity contribution is 5.82.